The molecule has 1 saturated carbocycles. The van der Waals surface area contributed by atoms with E-state index in [1.54, 1.807) is 46.2 Å². The lowest BCUT2D eigenvalue weighted by atomic mass is 9.61. The molecule has 0 N–H and O–H groups in total. The van der Waals surface area contributed by atoms with Crippen LogP contribution in [0, 0.1) is 18.2 Å². The van der Waals surface area contributed by atoms with Crippen molar-refractivity contribution in [2.24, 2.45) is 5.41 Å². The lowest BCUT2D eigenvalue weighted by molar-refractivity contribution is 0.0796. The lowest BCUT2D eigenvalue weighted by Gasteiger charge is -2.43. The first-order chi connectivity index (χ1) is 18.7. The molecule has 2 aliphatic rings. The van der Waals surface area contributed by atoms with Crippen LogP contribution < -0.4 is 0 Å². The predicted octanol–water partition coefficient (Wildman–Crippen LogP) is 4.77. The van der Waals surface area contributed by atoms with Crippen LogP contribution in [0.2, 0.25) is 0 Å². The normalized spacial score (nSPS) is 20.7. The average molecular weight is 546 g/mol. The van der Waals surface area contributed by atoms with Gasteiger partial charge >= 0.3 is 0 Å². The quantitative estimate of drug-likeness (QED) is 0.324. The fourth-order valence-corrected chi connectivity index (χ4v) is 7.61. The summed E-state index contributed by atoms with van der Waals surface area (Å²) in [6.07, 6.45) is 8.21. The molecule has 0 saturated heterocycles. The molecule has 6 rings (SSSR count). The van der Waals surface area contributed by atoms with Crippen LogP contribution in [-0.2, 0) is 22.8 Å². The van der Waals surface area contributed by atoms with Gasteiger partial charge in [-0.15, -0.1) is 0 Å². The number of nitrogens with zero attached hydrogens (tertiary/aromatic N) is 5. The number of halogens is 1. The van der Waals surface area contributed by atoms with E-state index in [9.17, 15) is 17.6 Å². The van der Waals surface area contributed by atoms with Crippen molar-refractivity contribution < 1.29 is 17.6 Å². The molecule has 39 heavy (non-hydrogen) atoms. The number of aryl methyl sites for hydroxylation is 2. The van der Waals surface area contributed by atoms with Crippen LogP contribution in [0.1, 0.15) is 53.5 Å². The third kappa shape index (κ3) is 4.23. The second-order valence-electron chi connectivity index (χ2n) is 10.3. The summed E-state index contributed by atoms with van der Waals surface area (Å²) in [6.45, 7) is 4.36. The van der Waals surface area contributed by atoms with E-state index in [1.165, 1.54) is 18.2 Å². The SMILES string of the molecule is CCn1ccc(S(=O)(=O)[C@H]2CCC3=Cc4c(cnn4-c4ccc(F)cc4)C[C@]3(C(=O)c3cc(C)ccn3)C2)n1. The standard InChI is InChI=1S/C29H28FN5O3S/c1-3-34-13-11-27(33-34)39(37,38)24-9-4-21-15-26-20(18-32-35(26)23-7-5-22(30)6-8-23)16-29(21,17-24)28(36)25-14-19(2)10-12-31-25/h5-8,10-15,18,24H,3-4,9,16-17H2,1-2H3/t24-,29-/m0/s1. The Kier molecular flexibility index (Phi) is 6.10. The molecular formula is C29H28FN5O3S. The Morgan fingerprint density at radius 1 is 1.18 bits per heavy atom. The largest absolute Gasteiger partial charge is 0.291 e. The summed E-state index contributed by atoms with van der Waals surface area (Å²) in [4.78, 5) is 18.7. The number of hydrogen-bond donors (Lipinski definition) is 0. The molecule has 3 heterocycles. The van der Waals surface area contributed by atoms with Gasteiger partial charge in [-0.25, -0.2) is 17.5 Å². The van der Waals surface area contributed by atoms with Crippen molar-refractivity contribution in [3.8, 4) is 5.69 Å². The van der Waals surface area contributed by atoms with E-state index in [4.69, 9.17) is 0 Å². The number of carbonyl (C=O) groups excluding carboxylic acids is 1. The van der Waals surface area contributed by atoms with Gasteiger partial charge in [-0.2, -0.15) is 10.2 Å². The van der Waals surface area contributed by atoms with Crippen molar-refractivity contribution in [2.75, 3.05) is 0 Å². The van der Waals surface area contributed by atoms with Crippen LogP contribution >= 0.6 is 0 Å². The van der Waals surface area contributed by atoms with Gasteiger partial charge in [0.25, 0.3) is 0 Å². The third-order valence-electron chi connectivity index (χ3n) is 7.94. The van der Waals surface area contributed by atoms with Gasteiger partial charge in [-0.1, -0.05) is 5.57 Å². The summed E-state index contributed by atoms with van der Waals surface area (Å²) in [5, 5.41) is 8.10. The number of aromatic nitrogens is 5. The van der Waals surface area contributed by atoms with Crippen molar-refractivity contribution >= 4 is 21.7 Å². The van der Waals surface area contributed by atoms with Gasteiger partial charge in [0, 0.05) is 18.9 Å². The molecule has 2 atom stereocenters. The zero-order chi connectivity index (χ0) is 27.4. The second kappa shape index (κ2) is 9.37. The number of allylic oxidation sites excluding steroid dienone is 1. The Bertz CT molecular complexity index is 1720. The van der Waals surface area contributed by atoms with Crippen LogP contribution in [0.25, 0.3) is 11.8 Å². The Hall–Kier alpha value is -3.92. The van der Waals surface area contributed by atoms with E-state index < -0.39 is 20.5 Å². The molecule has 0 aliphatic heterocycles. The summed E-state index contributed by atoms with van der Waals surface area (Å²) in [5.41, 5.74) is 3.38. The van der Waals surface area contributed by atoms with Crippen molar-refractivity contribution in [3.63, 3.8) is 0 Å². The molecule has 0 radical (unpaired) electrons. The molecule has 0 unspecified atom stereocenters. The Labute approximate surface area is 226 Å². The van der Waals surface area contributed by atoms with Crippen LogP contribution in [0.15, 0.2) is 71.7 Å². The minimum atomic E-state index is -3.77. The Morgan fingerprint density at radius 3 is 2.69 bits per heavy atom. The molecule has 0 amide bonds. The van der Waals surface area contributed by atoms with Gasteiger partial charge in [-0.3, -0.25) is 14.5 Å². The zero-order valence-corrected chi connectivity index (χ0v) is 22.5. The molecule has 0 bridgehead atoms. The van der Waals surface area contributed by atoms with Gasteiger partial charge < -0.3 is 0 Å². The highest BCUT2D eigenvalue weighted by Crippen LogP contribution is 2.51. The maximum Gasteiger partial charge on any atom is 0.200 e. The highest BCUT2D eigenvalue weighted by atomic mass is 32.2. The van der Waals surface area contributed by atoms with Crippen molar-refractivity contribution in [3.05, 3.63) is 95.0 Å². The zero-order valence-electron chi connectivity index (χ0n) is 21.7. The number of carbonyl (C=O) groups is 1. The van der Waals surface area contributed by atoms with E-state index in [0.717, 1.165) is 22.4 Å². The maximum atomic E-state index is 14.3. The molecular weight excluding hydrogens is 517 g/mol. The monoisotopic (exact) mass is 545 g/mol. The molecule has 0 spiro atoms. The number of ketones is 1. The van der Waals surface area contributed by atoms with Crippen LogP contribution in [-0.4, -0.2) is 44.0 Å². The smallest absolute Gasteiger partial charge is 0.200 e. The number of pyridine rings is 1. The Morgan fingerprint density at radius 2 is 1.97 bits per heavy atom. The molecule has 3 aromatic heterocycles. The van der Waals surface area contributed by atoms with E-state index in [1.807, 2.05) is 26.0 Å². The molecule has 1 fully saturated rings. The first-order valence-corrected chi connectivity index (χ1v) is 14.5. The average Bonchev–Trinajstić information content (AvgIpc) is 3.59. The molecule has 4 aromatic rings. The highest BCUT2D eigenvalue weighted by Gasteiger charge is 2.52. The van der Waals surface area contributed by atoms with Gasteiger partial charge in [-0.05, 0) is 99.2 Å². The van der Waals surface area contributed by atoms with Crippen LogP contribution in [0.4, 0.5) is 4.39 Å². The fraction of sp³-hybridized carbons (Fsp3) is 0.310. The van der Waals surface area contributed by atoms with Gasteiger partial charge in [0.05, 0.1) is 28.2 Å². The molecule has 2 aliphatic carbocycles. The summed E-state index contributed by atoms with van der Waals surface area (Å²) >= 11 is 0. The van der Waals surface area contributed by atoms with E-state index >= 15 is 0 Å². The fourth-order valence-electron chi connectivity index (χ4n) is 5.86. The highest BCUT2D eigenvalue weighted by molar-refractivity contribution is 7.92. The van der Waals surface area contributed by atoms with Gasteiger partial charge in [0.15, 0.2) is 20.6 Å². The summed E-state index contributed by atoms with van der Waals surface area (Å²) in [6, 6.07) is 11.2. The number of benzene rings is 1. The van der Waals surface area contributed by atoms with Crippen LogP contribution in [0.3, 0.4) is 0 Å². The minimum Gasteiger partial charge on any atom is -0.291 e. The molecule has 1 aromatic carbocycles. The van der Waals surface area contributed by atoms with Crippen molar-refractivity contribution in [1.29, 1.82) is 0 Å². The number of rotatable bonds is 6. The predicted molar refractivity (Wildman–Crippen MR) is 144 cm³/mol. The Balaban J connectivity index is 1.45. The first kappa shape index (κ1) is 25.4. The van der Waals surface area contributed by atoms with E-state index in [0.29, 0.717) is 37.2 Å². The van der Waals surface area contributed by atoms with Crippen LogP contribution in [0.5, 0.6) is 0 Å². The number of hydrogen-bond acceptors (Lipinski definition) is 6. The molecule has 10 heteroatoms. The third-order valence-corrected chi connectivity index (χ3v) is 10.0. The summed E-state index contributed by atoms with van der Waals surface area (Å²) in [5.74, 6) is -0.520. The topological polar surface area (TPSA) is 99.7 Å². The number of sulfone groups is 1. The molecule has 8 nitrogen and oxygen atoms in total. The summed E-state index contributed by atoms with van der Waals surface area (Å²) < 4.78 is 44.4. The lowest BCUT2D eigenvalue weighted by Crippen LogP contribution is -2.46. The van der Waals surface area contributed by atoms with Gasteiger partial charge in [0.2, 0.25) is 0 Å². The van der Waals surface area contributed by atoms with Gasteiger partial charge in [0.1, 0.15) is 11.5 Å². The number of fused-ring (bicyclic) bond motifs is 2. The van der Waals surface area contributed by atoms with E-state index in [2.05, 4.69) is 15.2 Å². The second-order valence-corrected chi connectivity index (χ2v) is 12.5. The maximum absolute atomic E-state index is 14.3. The van der Waals surface area contributed by atoms with E-state index in [-0.39, 0.29) is 23.0 Å². The molecule has 200 valence electrons. The first-order valence-electron chi connectivity index (χ1n) is 13.0. The minimum absolute atomic E-state index is 0.0405. The summed E-state index contributed by atoms with van der Waals surface area (Å²) in [7, 11) is -3.77. The van der Waals surface area contributed by atoms with Crippen molar-refractivity contribution in [2.45, 2.75) is 56.4 Å². The van der Waals surface area contributed by atoms with Crippen molar-refractivity contribution in [1.82, 2.24) is 24.5 Å². The number of Topliss-reactive ketones (excluding diaryl/α,β-unsaturated/α-hetero) is 1.